The SMILES string of the molecule is CN(C(=O)CCC1CCNCC1)c1ccc(C(=O)O)cc1. The topological polar surface area (TPSA) is 69.6 Å². The molecule has 114 valence electrons. The first-order valence-electron chi connectivity index (χ1n) is 7.38. The van der Waals surface area contributed by atoms with Crippen molar-refractivity contribution in [3.63, 3.8) is 0 Å². The third-order valence-electron chi connectivity index (χ3n) is 4.10. The lowest BCUT2D eigenvalue weighted by molar-refractivity contribution is -0.118. The van der Waals surface area contributed by atoms with E-state index in [4.69, 9.17) is 5.11 Å². The van der Waals surface area contributed by atoms with Gasteiger partial charge in [0.1, 0.15) is 0 Å². The lowest BCUT2D eigenvalue weighted by Crippen LogP contribution is -2.30. The van der Waals surface area contributed by atoms with Gasteiger partial charge in [0, 0.05) is 19.2 Å². The molecule has 2 N–H and O–H groups in total. The van der Waals surface area contributed by atoms with Crippen molar-refractivity contribution in [2.45, 2.75) is 25.7 Å². The Morgan fingerprint density at radius 2 is 1.86 bits per heavy atom. The number of nitrogens with zero attached hydrogens (tertiary/aromatic N) is 1. The Balaban J connectivity index is 1.87. The van der Waals surface area contributed by atoms with Gasteiger partial charge in [0.05, 0.1) is 5.56 Å². The third-order valence-corrected chi connectivity index (χ3v) is 4.10. The first-order valence-corrected chi connectivity index (χ1v) is 7.38. The molecule has 1 saturated heterocycles. The molecule has 1 aromatic rings. The number of carboxylic acids is 1. The van der Waals surface area contributed by atoms with Crippen LogP contribution in [0.5, 0.6) is 0 Å². The van der Waals surface area contributed by atoms with Gasteiger partial charge in [0.15, 0.2) is 0 Å². The molecule has 1 heterocycles. The molecule has 1 aliphatic heterocycles. The summed E-state index contributed by atoms with van der Waals surface area (Å²) < 4.78 is 0. The second kappa shape index (κ2) is 7.22. The van der Waals surface area contributed by atoms with E-state index in [0.717, 1.165) is 38.0 Å². The van der Waals surface area contributed by atoms with Crippen LogP contribution < -0.4 is 10.2 Å². The highest BCUT2D eigenvalue weighted by molar-refractivity contribution is 5.94. The minimum atomic E-state index is -0.957. The number of carbonyl (C=O) groups excluding carboxylic acids is 1. The number of amides is 1. The molecule has 0 bridgehead atoms. The van der Waals surface area contributed by atoms with Gasteiger partial charge in [-0.05, 0) is 62.5 Å². The molecule has 0 atom stereocenters. The molecular weight excluding hydrogens is 268 g/mol. The van der Waals surface area contributed by atoms with Crippen LogP contribution in [0.1, 0.15) is 36.0 Å². The number of anilines is 1. The largest absolute Gasteiger partial charge is 0.478 e. The van der Waals surface area contributed by atoms with E-state index >= 15 is 0 Å². The Morgan fingerprint density at radius 3 is 2.43 bits per heavy atom. The van der Waals surface area contributed by atoms with E-state index in [2.05, 4.69) is 5.32 Å². The summed E-state index contributed by atoms with van der Waals surface area (Å²) >= 11 is 0. The van der Waals surface area contributed by atoms with E-state index in [1.165, 1.54) is 12.1 Å². The molecule has 2 rings (SSSR count). The Morgan fingerprint density at radius 1 is 1.24 bits per heavy atom. The number of rotatable bonds is 5. The van der Waals surface area contributed by atoms with Crippen LogP contribution in [-0.4, -0.2) is 37.1 Å². The van der Waals surface area contributed by atoms with E-state index in [1.54, 1.807) is 24.1 Å². The lowest BCUT2D eigenvalue weighted by atomic mass is 9.93. The predicted molar refractivity (Wildman–Crippen MR) is 81.6 cm³/mol. The molecule has 1 fully saturated rings. The highest BCUT2D eigenvalue weighted by Gasteiger charge is 2.17. The molecule has 0 spiro atoms. The number of hydrogen-bond acceptors (Lipinski definition) is 3. The molecule has 5 heteroatoms. The Labute approximate surface area is 125 Å². The average Bonchev–Trinajstić information content (AvgIpc) is 2.53. The summed E-state index contributed by atoms with van der Waals surface area (Å²) in [5.41, 5.74) is 0.963. The average molecular weight is 290 g/mol. The first-order chi connectivity index (χ1) is 10.1. The fourth-order valence-corrected chi connectivity index (χ4v) is 2.64. The molecule has 0 saturated carbocycles. The molecule has 1 aromatic carbocycles. The lowest BCUT2D eigenvalue weighted by Gasteiger charge is -2.23. The van der Waals surface area contributed by atoms with Crippen LogP contribution in [0.25, 0.3) is 0 Å². The number of benzene rings is 1. The number of carboxylic acid groups (broad SMARTS) is 1. The molecule has 1 amide bonds. The van der Waals surface area contributed by atoms with E-state index in [1.807, 2.05) is 0 Å². The highest BCUT2D eigenvalue weighted by atomic mass is 16.4. The maximum atomic E-state index is 12.2. The minimum absolute atomic E-state index is 0.0802. The Kier molecular flexibility index (Phi) is 5.33. The van der Waals surface area contributed by atoms with Gasteiger partial charge in [-0.2, -0.15) is 0 Å². The minimum Gasteiger partial charge on any atom is -0.478 e. The van der Waals surface area contributed by atoms with Crippen molar-refractivity contribution in [2.24, 2.45) is 5.92 Å². The van der Waals surface area contributed by atoms with E-state index in [-0.39, 0.29) is 11.5 Å². The van der Waals surface area contributed by atoms with Gasteiger partial charge >= 0.3 is 5.97 Å². The number of piperidine rings is 1. The molecule has 0 unspecified atom stereocenters. The summed E-state index contributed by atoms with van der Waals surface area (Å²) in [7, 11) is 1.74. The fraction of sp³-hybridized carbons (Fsp3) is 0.500. The van der Waals surface area contributed by atoms with Crippen molar-refractivity contribution in [3.05, 3.63) is 29.8 Å². The highest BCUT2D eigenvalue weighted by Crippen LogP contribution is 2.20. The molecule has 0 aliphatic carbocycles. The van der Waals surface area contributed by atoms with Crippen molar-refractivity contribution in [2.75, 3.05) is 25.0 Å². The van der Waals surface area contributed by atoms with Crippen molar-refractivity contribution in [3.8, 4) is 0 Å². The third kappa shape index (κ3) is 4.29. The molecule has 1 aliphatic rings. The normalized spacial score (nSPS) is 15.7. The molecule has 0 aromatic heterocycles. The van der Waals surface area contributed by atoms with Gasteiger partial charge in [-0.1, -0.05) is 0 Å². The summed E-state index contributed by atoms with van der Waals surface area (Å²) in [5.74, 6) is -0.240. The second-order valence-corrected chi connectivity index (χ2v) is 5.54. The van der Waals surface area contributed by atoms with Crippen LogP contribution in [0.15, 0.2) is 24.3 Å². The quantitative estimate of drug-likeness (QED) is 0.871. The van der Waals surface area contributed by atoms with Gasteiger partial charge < -0.3 is 15.3 Å². The van der Waals surface area contributed by atoms with E-state index in [9.17, 15) is 9.59 Å². The Bertz CT molecular complexity index is 493. The van der Waals surface area contributed by atoms with Crippen LogP contribution in [0.4, 0.5) is 5.69 Å². The summed E-state index contributed by atoms with van der Waals surface area (Å²) in [5, 5.41) is 12.2. The van der Waals surface area contributed by atoms with Gasteiger partial charge in [-0.25, -0.2) is 4.79 Å². The zero-order valence-corrected chi connectivity index (χ0v) is 12.3. The van der Waals surface area contributed by atoms with Gasteiger partial charge in [-0.3, -0.25) is 4.79 Å². The number of hydrogen-bond donors (Lipinski definition) is 2. The fourth-order valence-electron chi connectivity index (χ4n) is 2.64. The van der Waals surface area contributed by atoms with Crippen molar-refractivity contribution >= 4 is 17.6 Å². The van der Waals surface area contributed by atoms with E-state index in [0.29, 0.717) is 12.3 Å². The van der Waals surface area contributed by atoms with E-state index < -0.39 is 5.97 Å². The van der Waals surface area contributed by atoms with Crippen molar-refractivity contribution in [1.29, 1.82) is 0 Å². The number of aromatic carboxylic acids is 1. The monoisotopic (exact) mass is 290 g/mol. The second-order valence-electron chi connectivity index (χ2n) is 5.54. The van der Waals surface area contributed by atoms with Gasteiger partial charge in [0.2, 0.25) is 5.91 Å². The standard InChI is InChI=1S/C16H22N2O3/c1-18(14-5-3-13(4-6-14)16(20)21)15(19)7-2-12-8-10-17-11-9-12/h3-6,12,17H,2,7-11H2,1H3,(H,20,21). The maximum Gasteiger partial charge on any atom is 0.335 e. The molecule has 21 heavy (non-hydrogen) atoms. The summed E-state index contributed by atoms with van der Waals surface area (Å²) in [6.07, 6.45) is 3.76. The zero-order chi connectivity index (χ0) is 15.2. The summed E-state index contributed by atoms with van der Waals surface area (Å²) in [4.78, 5) is 24.6. The smallest absolute Gasteiger partial charge is 0.335 e. The zero-order valence-electron chi connectivity index (χ0n) is 12.3. The van der Waals surface area contributed by atoms with Gasteiger partial charge in [0.25, 0.3) is 0 Å². The van der Waals surface area contributed by atoms with Crippen LogP contribution in [0, 0.1) is 5.92 Å². The number of nitrogens with one attached hydrogen (secondary N) is 1. The van der Waals surface area contributed by atoms with Crippen molar-refractivity contribution in [1.82, 2.24) is 5.32 Å². The molecule has 0 radical (unpaired) electrons. The number of carbonyl (C=O) groups is 2. The van der Waals surface area contributed by atoms with Gasteiger partial charge in [-0.15, -0.1) is 0 Å². The van der Waals surface area contributed by atoms with Crippen LogP contribution in [-0.2, 0) is 4.79 Å². The summed E-state index contributed by atoms with van der Waals surface area (Å²) in [6, 6.07) is 6.39. The molecule has 5 nitrogen and oxygen atoms in total. The van der Waals surface area contributed by atoms with Crippen LogP contribution in [0.3, 0.4) is 0 Å². The molecular formula is C16H22N2O3. The van der Waals surface area contributed by atoms with Crippen LogP contribution >= 0.6 is 0 Å². The van der Waals surface area contributed by atoms with Crippen molar-refractivity contribution < 1.29 is 14.7 Å². The predicted octanol–water partition coefficient (Wildman–Crippen LogP) is 2.13. The maximum absolute atomic E-state index is 12.2. The Hall–Kier alpha value is -1.88. The first kappa shape index (κ1) is 15.5. The summed E-state index contributed by atoms with van der Waals surface area (Å²) in [6.45, 7) is 2.09. The van der Waals surface area contributed by atoms with Crippen LogP contribution in [0.2, 0.25) is 0 Å².